The molecular formula is C10H25NO2. The maximum atomic E-state index is 10.7. The first-order valence-corrected chi connectivity index (χ1v) is 5.15. The molecule has 0 aromatic carbocycles. The van der Waals surface area contributed by atoms with Crippen molar-refractivity contribution >= 4 is 5.91 Å². The van der Waals surface area contributed by atoms with Crippen molar-refractivity contribution in [3.05, 3.63) is 0 Å². The normalized spacial score (nSPS) is 11.2. The van der Waals surface area contributed by atoms with Crippen LogP contribution in [0.25, 0.3) is 0 Å². The van der Waals surface area contributed by atoms with E-state index in [9.17, 15) is 9.90 Å². The van der Waals surface area contributed by atoms with Crippen molar-refractivity contribution in [1.82, 2.24) is 5.32 Å². The van der Waals surface area contributed by atoms with Gasteiger partial charge in [-0.15, -0.1) is 0 Å². The predicted molar refractivity (Wildman–Crippen MR) is 57.7 cm³/mol. The van der Waals surface area contributed by atoms with Gasteiger partial charge in [0.15, 0.2) is 0 Å². The first-order chi connectivity index (χ1) is 6.20. The third-order valence-electron chi connectivity index (χ3n) is 1.48. The minimum atomic E-state index is -0.379. The highest BCUT2D eigenvalue weighted by molar-refractivity contribution is 5.75. The quantitative estimate of drug-likeness (QED) is 0.697. The fourth-order valence-corrected chi connectivity index (χ4v) is 0.792. The summed E-state index contributed by atoms with van der Waals surface area (Å²) in [5, 5.41) is 11.8. The first kappa shape index (κ1) is 14.9. The highest BCUT2D eigenvalue weighted by Crippen LogP contribution is 1.93. The molecule has 0 aliphatic rings. The van der Waals surface area contributed by atoms with Crippen LogP contribution in [0.5, 0.6) is 0 Å². The summed E-state index contributed by atoms with van der Waals surface area (Å²) in [6.45, 7) is 8.19. The topological polar surface area (TPSA) is 49.3 Å². The van der Waals surface area contributed by atoms with E-state index in [0.717, 1.165) is 12.8 Å². The van der Waals surface area contributed by atoms with Gasteiger partial charge in [0.05, 0.1) is 6.10 Å². The van der Waals surface area contributed by atoms with E-state index in [1.54, 1.807) is 6.92 Å². The lowest BCUT2D eigenvalue weighted by molar-refractivity contribution is -0.121. The van der Waals surface area contributed by atoms with Crippen LogP contribution in [0, 0.1) is 0 Å². The second-order valence-corrected chi connectivity index (χ2v) is 2.60. The van der Waals surface area contributed by atoms with Gasteiger partial charge in [-0.3, -0.25) is 4.79 Å². The molecule has 3 heteroatoms. The summed E-state index contributed by atoms with van der Waals surface area (Å²) in [5.41, 5.74) is 0. The monoisotopic (exact) mass is 191 g/mol. The van der Waals surface area contributed by atoms with Crippen LogP contribution >= 0.6 is 0 Å². The van der Waals surface area contributed by atoms with Crippen molar-refractivity contribution < 1.29 is 11.3 Å². The van der Waals surface area contributed by atoms with Gasteiger partial charge in [-0.25, -0.2) is 0 Å². The summed E-state index contributed by atoms with van der Waals surface area (Å²) in [5.74, 6) is 0.000142. The molecule has 0 radical (unpaired) electrons. The van der Waals surface area contributed by atoms with Crippen molar-refractivity contribution in [2.45, 2.75) is 53.1 Å². The number of hydrogen-bond acceptors (Lipinski definition) is 2. The molecule has 0 fully saturated rings. The average Bonchev–Trinajstić information content (AvgIpc) is 2.18. The van der Waals surface area contributed by atoms with Gasteiger partial charge < -0.3 is 10.4 Å². The zero-order valence-corrected chi connectivity index (χ0v) is 9.26. The van der Waals surface area contributed by atoms with Gasteiger partial charge in [0.2, 0.25) is 5.91 Å². The van der Waals surface area contributed by atoms with Crippen LogP contribution in [0.1, 0.15) is 48.4 Å². The molecule has 0 aliphatic carbocycles. The predicted octanol–water partition coefficient (Wildman–Crippen LogP) is 1.95. The van der Waals surface area contributed by atoms with Crippen LogP contribution in [-0.2, 0) is 4.79 Å². The molecule has 0 aromatic rings. The smallest absolute Gasteiger partial charge is 0.219 e. The summed E-state index contributed by atoms with van der Waals surface area (Å²) in [6.07, 6.45) is 1.81. The van der Waals surface area contributed by atoms with Gasteiger partial charge in [-0.1, -0.05) is 34.1 Å². The molecular weight excluding hydrogens is 166 g/mol. The Bertz CT molecular complexity index is 121. The Kier molecular flexibility index (Phi) is 13.1. The number of aliphatic hydroxyl groups excluding tert-OH is 1. The molecule has 0 unspecified atom stereocenters. The van der Waals surface area contributed by atoms with Crippen molar-refractivity contribution in [2.75, 3.05) is 6.54 Å². The molecule has 0 aliphatic heterocycles. The van der Waals surface area contributed by atoms with Crippen molar-refractivity contribution in [3.63, 3.8) is 0 Å². The number of aliphatic hydroxyl groups is 1. The maximum absolute atomic E-state index is 10.7. The van der Waals surface area contributed by atoms with Gasteiger partial charge >= 0.3 is 0 Å². The van der Waals surface area contributed by atoms with Crippen LogP contribution in [0.15, 0.2) is 0 Å². The summed E-state index contributed by atoms with van der Waals surface area (Å²) in [4.78, 5) is 10.7. The lowest BCUT2D eigenvalue weighted by atomic mass is 10.2. The molecule has 0 bridgehead atoms. The Labute approximate surface area is 83.0 Å². The summed E-state index contributed by atoms with van der Waals surface area (Å²) in [7, 11) is 0. The fourth-order valence-electron chi connectivity index (χ4n) is 0.792. The second-order valence-electron chi connectivity index (χ2n) is 2.60. The van der Waals surface area contributed by atoms with Gasteiger partial charge in [-0.2, -0.15) is 0 Å². The molecule has 0 saturated carbocycles. The van der Waals surface area contributed by atoms with Gasteiger partial charge in [0, 0.05) is 14.4 Å². The van der Waals surface area contributed by atoms with E-state index in [1.807, 2.05) is 20.8 Å². The van der Waals surface area contributed by atoms with E-state index in [0.29, 0.717) is 13.0 Å². The van der Waals surface area contributed by atoms with Crippen LogP contribution < -0.4 is 5.32 Å². The Morgan fingerprint density at radius 2 is 2.00 bits per heavy atom. The van der Waals surface area contributed by atoms with E-state index in [2.05, 4.69) is 5.32 Å². The molecule has 82 valence electrons. The SMILES string of the molecule is CC.CCC[C@@H](O)CNC(=O)CC.[HH]. The number of amides is 1. The number of rotatable bonds is 5. The van der Waals surface area contributed by atoms with E-state index < -0.39 is 0 Å². The van der Waals surface area contributed by atoms with Crippen LogP contribution in [-0.4, -0.2) is 23.7 Å². The minimum Gasteiger partial charge on any atom is -0.391 e. The van der Waals surface area contributed by atoms with Gasteiger partial charge in [0.1, 0.15) is 0 Å². The lowest BCUT2D eigenvalue weighted by Crippen LogP contribution is -2.31. The maximum Gasteiger partial charge on any atom is 0.219 e. The second kappa shape index (κ2) is 11.4. The van der Waals surface area contributed by atoms with Gasteiger partial charge in [-0.05, 0) is 6.42 Å². The zero-order valence-electron chi connectivity index (χ0n) is 9.26. The third-order valence-corrected chi connectivity index (χ3v) is 1.48. The summed E-state index contributed by atoms with van der Waals surface area (Å²) >= 11 is 0. The molecule has 0 rings (SSSR count). The van der Waals surface area contributed by atoms with E-state index >= 15 is 0 Å². The molecule has 1 atom stereocenters. The standard InChI is InChI=1S/C8H17NO2.C2H6.H2/c1-3-5-7(10)6-9-8(11)4-2;1-2;/h7,10H,3-6H2,1-2H3,(H,9,11);1-2H3;1H/t7-;;/m1../s1. The summed E-state index contributed by atoms with van der Waals surface area (Å²) < 4.78 is 0. The van der Waals surface area contributed by atoms with Crippen molar-refractivity contribution in [3.8, 4) is 0 Å². The Morgan fingerprint density at radius 1 is 1.46 bits per heavy atom. The molecule has 0 aromatic heterocycles. The molecule has 1 amide bonds. The number of carbonyl (C=O) groups excluding carboxylic acids is 1. The zero-order chi connectivity index (χ0) is 10.7. The van der Waals surface area contributed by atoms with Gasteiger partial charge in [0.25, 0.3) is 0 Å². The number of nitrogens with one attached hydrogen (secondary N) is 1. The van der Waals surface area contributed by atoms with Crippen LogP contribution in [0.2, 0.25) is 0 Å². The molecule has 0 saturated heterocycles. The lowest BCUT2D eigenvalue weighted by Gasteiger charge is -2.09. The largest absolute Gasteiger partial charge is 0.391 e. The Hall–Kier alpha value is -0.570. The van der Waals surface area contributed by atoms with Crippen molar-refractivity contribution in [2.24, 2.45) is 0 Å². The molecule has 2 N–H and O–H groups in total. The molecule has 0 spiro atoms. The van der Waals surface area contributed by atoms with Crippen LogP contribution in [0.3, 0.4) is 0 Å². The minimum absolute atomic E-state index is 0. The highest BCUT2D eigenvalue weighted by atomic mass is 16.3. The molecule has 3 nitrogen and oxygen atoms in total. The van der Waals surface area contributed by atoms with E-state index in [1.165, 1.54) is 0 Å². The number of carbonyl (C=O) groups is 1. The molecule has 13 heavy (non-hydrogen) atoms. The summed E-state index contributed by atoms with van der Waals surface area (Å²) in [6, 6.07) is 0. The Morgan fingerprint density at radius 3 is 2.38 bits per heavy atom. The first-order valence-electron chi connectivity index (χ1n) is 5.15. The Balaban J connectivity index is -0.000000376. The number of hydrogen-bond donors (Lipinski definition) is 2. The molecule has 0 heterocycles. The third kappa shape index (κ3) is 11.4. The fraction of sp³-hybridized carbons (Fsp3) is 0.900. The van der Waals surface area contributed by atoms with Crippen molar-refractivity contribution in [1.29, 1.82) is 0 Å². The van der Waals surface area contributed by atoms with E-state index in [4.69, 9.17) is 0 Å². The van der Waals surface area contributed by atoms with E-state index in [-0.39, 0.29) is 13.4 Å². The van der Waals surface area contributed by atoms with Crippen LogP contribution in [0.4, 0.5) is 0 Å². The highest BCUT2D eigenvalue weighted by Gasteiger charge is 2.03. The average molecular weight is 191 g/mol.